The Morgan fingerprint density at radius 3 is 2.56 bits per heavy atom. The first kappa shape index (κ1) is 26.9. The number of hydrogen-bond acceptors (Lipinski definition) is 7. The van der Waals surface area contributed by atoms with Crippen LogP contribution in [0.25, 0.3) is 0 Å². The average molecular weight is 528 g/mol. The maximum absolute atomic E-state index is 12.6. The molecular weight excluding hydrogens is 510 g/mol. The van der Waals surface area contributed by atoms with Gasteiger partial charge in [0.25, 0.3) is 5.91 Å². The monoisotopic (exact) mass is 527 g/mol. The molecule has 1 aliphatic rings. The van der Waals surface area contributed by atoms with E-state index in [9.17, 15) is 33.0 Å². The lowest BCUT2D eigenvalue weighted by Gasteiger charge is -2.24. The van der Waals surface area contributed by atoms with Gasteiger partial charge < -0.3 is 34.9 Å². The third kappa shape index (κ3) is 6.51. The number of nitrogens with one attached hydrogen (secondary N) is 2. The van der Waals surface area contributed by atoms with Crippen molar-refractivity contribution in [2.24, 2.45) is 0 Å². The molecule has 15 heteroatoms. The summed E-state index contributed by atoms with van der Waals surface area (Å²) < 4.78 is 51.5. The third-order valence-electron chi connectivity index (χ3n) is 5.04. The minimum Gasteiger partial charge on any atom is -0.488 e. The molecule has 2 aromatic carbocycles. The van der Waals surface area contributed by atoms with Gasteiger partial charge in [-0.3, -0.25) is 4.79 Å². The molecule has 0 spiro atoms. The predicted octanol–water partition coefficient (Wildman–Crippen LogP) is 2.31. The van der Waals surface area contributed by atoms with Crippen LogP contribution < -0.4 is 25.6 Å². The number of ether oxygens (including phenoxy) is 2. The van der Waals surface area contributed by atoms with Gasteiger partial charge >= 0.3 is 19.6 Å². The Hall–Kier alpha value is -3.67. The molecule has 0 radical (unpaired) electrons. The summed E-state index contributed by atoms with van der Waals surface area (Å²) in [5.41, 5.74) is -0.547. The van der Waals surface area contributed by atoms with Crippen molar-refractivity contribution in [2.45, 2.75) is 32.0 Å². The summed E-state index contributed by atoms with van der Waals surface area (Å²) >= 11 is 6.35. The first-order chi connectivity index (χ1) is 16.8. The van der Waals surface area contributed by atoms with E-state index in [-0.39, 0.29) is 35.0 Å². The molecule has 1 heterocycles. The number of fused-ring (bicyclic) bond motifs is 1. The highest BCUT2D eigenvalue weighted by atomic mass is 35.5. The van der Waals surface area contributed by atoms with Crippen molar-refractivity contribution < 1.29 is 47.0 Å². The number of hydrogen-bond donors (Lipinski definition) is 4. The van der Waals surface area contributed by atoms with E-state index in [1.807, 2.05) is 6.07 Å². The number of halogens is 4. The van der Waals surface area contributed by atoms with Crippen LogP contribution in [0.4, 0.5) is 18.0 Å². The summed E-state index contributed by atoms with van der Waals surface area (Å²) in [6.45, 7) is 0.775. The van der Waals surface area contributed by atoms with Gasteiger partial charge in [-0.05, 0) is 48.4 Å². The smallest absolute Gasteiger partial charge is 0.488 e. The van der Waals surface area contributed by atoms with Crippen molar-refractivity contribution in [1.29, 1.82) is 5.26 Å². The lowest BCUT2D eigenvalue weighted by molar-refractivity contribution is -0.274. The summed E-state index contributed by atoms with van der Waals surface area (Å²) in [5, 5.41) is 33.3. The number of amides is 2. The summed E-state index contributed by atoms with van der Waals surface area (Å²) in [6.07, 6.45) is -6.16. The van der Waals surface area contributed by atoms with E-state index in [4.69, 9.17) is 26.1 Å². The Kier molecular flexibility index (Phi) is 7.88. The van der Waals surface area contributed by atoms with E-state index in [1.54, 1.807) is 0 Å². The molecular formula is C21H18BClF3N3O7. The summed E-state index contributed by atoms with van der Waals surface area (Å²) in [7, 11) is -1.37. The SMILES string of the molecule is CC(C#N)(COc1cc(CNC(=O)O)c2c(c1Cl)B(O)OC2)NC(=O)c1ccc(OC(F)(F)F)cc1. The van der Waals surface area contributed by atoms with Crippen molar-refractivity contribution in [3.05, 3.63) is 52.0 Å². The van der Waals surface area contributed by atoms with E-state index in [1.165, 1.54) is 13.0 Å². The second-order valence-electron chi connectivity index (χ2n) is 7.82. The van der Waals surface area contributed by atoms with Crippen LogP contribution in [-0.4, -0.2) is 47.8 Å². The standard InChI is InChI=1S/C21H18BClF3N3O7/c1-20(9-27,29-18(30)11-2-4-13(5-3-11)36-21(24,25)26)10-34-15-6-12(7-28-19(31)32)14-8-35-22(33)16(14)17(15)23/h2-6,28,33H,7-8,10H2,1H3,(H,29,30)(H,31,32). The molecule has 36 heavy (non-hydrogen) atoms. The summed E-state index contributed by atoms with van der Waals surface area (Å²) in [4.78, 5) is 23.5. The molecule has 0 saturated heterocycles. The van der Waals surface area contributed by atoms with Crippen molar-refractivity contribution in [1.82, 2.24) is 10.6 Å². The zero-order chi connectivity index (χ0) is 26.7. The van der Waals surface area contributed by atoms with Gasteiger partial charge in [0.05, 0.1) is 17.7 Å². The number of benzene rings is 2. The van der Waals surface area contributed by atoms with Gasteiger partial charge in [0.15, 0.2) is 5.54 Å². The average Bonchev–Trinajstić information content (AvgIpc) is 3.19. The summed E-state index contributed by atoms with van der Waals surface area (Å²) in [6, 6.07) is 7.41. The second-order valence-corrected chi connectivity index (χ2v) is 8.20. The second kappa shape index (κ2) is 10.5. The normalized spacial score (nSPS) is 14.3. The topological polar surface area (TPSA) is 150 Å². The van der Waals surface area contributed by atoms with Crippen LogP contribution in [0.2, 0.25) is 5.02 Å². The summed E-state index contributed by atoms with van der Waals surface area (Å²) in [5.74, 6) is -1.28. The molecule has 0 aliphatic carbocycles. The zero-order valence-electron chi connectivity index (χ0n) is 18.5. The Morgan fingerprint density at radius 2 is 1.97 bits per heavy atom. The Balaban J connectivity index is 1.75. The Morgan fingerprint density at radius 1 is 1.31 bits per heavy atom. The fourth-order valence-corrected chi connectivity index (χ4v) is 3.62. The maximum Gasteiger partial charge on any atom is 0.573 e. The largest absolute Gasteiger partial charge is 0.573 e. The van der Waals surface area contributed by atoms with Gasteiger partial charge in [-0.15, -0.1) is 13.2 Å². The van der Waals surface area contributed by atoms with Crippen LogP contribution in [-0.2, 0) is 17.8 Å². The van der Waals surface area contributed by atoms with Crippen LogP contribution in [0, 0.1) is 11.3 Å². The van der Waals surface area contributed by atoms with Crippen LogP contribution in [0.15, 0.2) is 30.3 Å². The number of carbonyl (C=O) groups is 2. The molecule has 1 aliphatic heterocycles. The van der Waals surface area contributed by atoms with Gasteiger partial charge in [-0.2, -0.15) is 5.26 Å². The predicted molar refractivity (Wildman–Crippen MR) is 119 cm³/mol. The first-order valence-electron chi connectivity index (χ1n) is 10.1. The van der Waals surface area contributed by atoms with Gasteiger partial charge in [0.1, 0.15) is 18.1 Å². The molecule has 1 atom stereocenters. The highest BCUT2D eigenvalue weighted by Crippen LogP contribution is 2.31. The zero-order valence-corrected chi connectivity index (χ0v) is 19.2. The fraction of sp³-hybridized carbons (Fsp3) is 0.286. The molecule has 2 amide bonds. The Labute approximate surface area is 207 Å². The Bertz CT molecular complexity index is 1210. The van der Waals surface area contributed by atoms with Crippen LogP contribution in [0.1, 0.15) is 28.4 Å². The number of carboxylic acid groups (broad SMARTS) is 1. The molecule has 4 N–H and O–H groups in total. The minimum absolute atomic E-state index is 0.00605. The van der Waals surface area contributed by atoms with Gasteiger partial charge in [-0.25, -0.2) is 4.79 Å². The van der Waals surface area contributed by atoms with Crippen LogP contribution in [0.3, 0.4) is 0 Å². The number of nitriles is 1. The van der Waals surface area contributed by atoms with Crippen LogP contribution in [0.5, 0.6) is 11.5 Å². The number of nitrogens with zero attached hydrogens (tertiary/aromatic N) is 1. The molecule has 0 fully saturated rings. The molecule has 3 rings (SSSR count). The third-order valence-corrected chi connectivity index (χ3v) is 5.43. The van der Waals surface area contributed by atoms with E-state index in [0.29, 0.717) is 11.1 Å². The quantitative estimate of drug-likeness (QED) is 0.382. The van der Waals surface area contributed by atoms with Gasteiger partial charge in [-0.1, -0.05) is 11.6 Å². The van der Waals surface area contributed by atoms with Crippen molar-refractivity contribution >= 4 is 36.2 Å². The van der Waals surface area contributed by atoms with Crippen molar-refractivity contribution in [2.75, 3.05) is 6.61 Å². The fourth-order valence-electron chi connectivity index (χ4n) is 3.30. The molecule has 0 aromatic heterocycles. The highest BCUT2D eigenvalue weighted by molar-refractivity contribution is 6.65. The molecule has 190 valence electrons. The molecule has 0 bridgehead atoms. The van der Waals surface area contributed by atoms with Gasteiger partial charge in [0, 0.05) is 17.6 Å². The lowest BCUT2D eigenvalue weighted by Crippen LogP contribution is -2.49. The lowest BCUT2D eigenvalue weighted by atomic mass is 9.78. The van der Waals surface area contributed by atoms with E-state index in [2.05, 4.69) is 15.4 Å². The molecule has 2 aromatic rings. The van der Waals surface area contributed by atoms with E-state index < -0.39 is 43.4 Å². The molecule has 10 nitrogen and oxygen atoms in total. The first-order valence-corrected chi connectivity index (χ1v) is 10.5. The van der Waals surface area contributed by atoms with Gasteiger partial charge in [0.2, 0.25) is 0 Å². The molecule has 0 saturated carbocycles. The highest BCUT2D eigenvalue weighted by Gasteiger charge is 2.35. The van der Waals surface area contributed by atoms with Crippen molar-refractivity contribution in [3.8, 4) is 17.6 Å². The number of carbonyl (C=O) groups excluding carboxylic acids is 1. The van der Waals surface area contributed by atoms with Crippen molar-refractivity contribution in [3.63, 3.8) is 0 Å². The minimum atomic E-state index is -4.88. The number of rotatable bonds is 8. The number of alkyl halides is 3. The van der Waals surface area contributed by atoms with E-state index >= 15 is 0 Å². The maximum atomic E-state index is 12.6. The van der Waals surface area contributed by atoms with Crippen LogP contribution >= 0.6 is 11.6 Å². The van der Waals surface area contributed by atoms with E-state index in [0.717, 1.165) is 24.3 Å². The molecule has 1 unspecified atom stereocenters.